The van der Waals surface area contributed by atoms with Crippen molar-refractivity contribution in [2.75, 3.05) is 13.7 Å². The number of hydrogen-bond donors (Lipinski definition) is 0. The van der Waals surface area contributed by atoms with E-state index in [2.05, 4.69) is 50.7 Å². The van der Waals surface area contributed by atoms with Gasteiger partial charge < -0.3 is 14.2 Å². The van der Waals surface area contributed by atoms with Gasteiger partial charge in [0.2, 0.25) is 0 Å². The van der Waals surface area contributed by atoms with Gasteiger partial charge in [0.05, 0.1) is 40.0 Å². The Kier molecular flexibility index (Phi) is 9.92. The minimum atomic E-state index is -0.663. The third-order valence-electron chi connectivity index (χ3n) is 7.28. The van der Waals surface area contributed by atoms with E-state index >= 15 is 0 Å². The van der Waals surface area contributed by atoms with Crippen LogP contribution in [0.25, 0.3) is 6.08 Å². The van der Waals surface area contributed by atoms with E-state index in [0.717, 1.165) is 21.2 Å². The molecule has 0 bridgehead atoms. The van der Waals surface area contributed by atoms with Crippen molar-refractivity contribution in [2.45, 2.75) is 46.3 Å². The average molecular weight is 741 g/mol. The molecule has 1 aliphatic rings. The first-order chi connectivity index (χ1) is 21.1. The highest BCUT2D eigenvalue weighted by molar-refractivity contribution is 9.10. The number of ether oxygens (including phenoxy) is 3. The minimum absolute atomic E-state index is 0.221. The number of carbonyl (C=O) groups is 1. The summed E-state index contributed by atoms with van der Waals surface area (Å²) in [5, 5.41) is 0. The highest BCUT2D eigenvalue weighted by Gasteiger charge is 2.33. The molecule has 0 spiro atoms. The summed E-state index contributed by atoms with van der Waals surface area (Å²) in [6.45, 7) is 8.38. The lowest BCUT2D eigenvalue weighted by molar-refractivity contribution is -0.139. The number of thiazole rings is 1. The van der Waals surface area contributed by atoms with Crippen LogP contribution in [0, 0.1) is 0 Å². The van der Waals surface area contributed by atoms with Crippen LogP contribution in [-0.4, -0.2) is 24.3 Å². The highest BCUT2D eigenvalue weighted by Crippen LogP contribution is 2.37. The van der Waals surface area contributed by atoms with E-state index in [1.54, 1.807) is 31.6 Å². The van der Waals surface area contributed by atoms with Crippen LogP contribution in [0.5, 0.6) is 11.5 Å². The van der Waals surface area contributed by atoms with Gasteiger partial charge in [0.25, 0.3) is 5.56 Å². The summed E-state index contributed by atoms with van der Waals surface area (Å²) in [5.41, 5.74) is 4.39. The second-order valence-electron chi connectivity index (χ2n) is 10.6. The van der Waals surface area contributed by atoms with Crippen molar-refractivity contribution < 1.29 is 19.0 Å². The van der Waals surface area contributed by atoms with Gasteiger partial charge in [-0.05, 0) is 88.3 Å². The van der Waals surface area contributed by atoms with E-state index < -0.39 is 12.0 Å². The van der Waals surface area contributed by atoms with Gasteiger partial charge in [-0.2, -0.15) is 0 Å². The maximum Gasteiger partial charge on any atom is 0.338 e. The molecule has 0 amide bonds. The Balaban J connectivity index is 1.57. The average Bonchev–Trinajstić information content (AvgIpc) is 3.30. The second kappa shape index (κ2) is 13.7. The van der Waals surface area contributed by atoms with Gasteiger partial charge in [-0.25, -0.2) is 9.79 Å². The molecular weight excluding hydrogens is 708 g/mol. The van der Waals surface area contributed by atoms with E-state index in [1.165, 1.54) is 16.9 Å². The van der Waals surface area contributed by atoms with Gasteiger partial charge in [-0.15, -0.1) is 0 Å². The van der Waals surface area contributed by atoms with Crippen LogP contribution in [0.4, 0.5) is 0 Å². The standard InChI is InChI=1S/C34H32Br2N2O5S/c1-6-42-33(40)29-20(4)37-34-38(30(29)24-11-9-23(10-12-24)19(2)3)32(39)28(44-34)17-22-15-26(36)31(27(16-22)41-5)43-18-21-7-13-25(35)14-8-21/h7-17,19,30H,6,18H2,1-5H3/t30-/m0/s1. The highest BCUT2D eigenvalue weighted by atomic mass is 79.9. The fraction of sp³-hybridized carbons (Fsp3) is 0.265. The lowest BCUT2D eigenvalue weighted by atomic mass is 9.93. The molecule has 0 saturated carbocycles. The molecule has 5 rings (SSSR count). The molecule has 2 heterocycles. The molecule has 10 heteroatoms. The molecule has 0 aliphatic carbocycles. The molecule has 0 N–H and O–H groups in total. The van der Waals surface area contributed by atoms with Crippen LogP contribution < -0.4 is 24.4 Å². The molecule has 44 heavy (non-hydrogen) atoms. The maximum atomic E-state index is 14.0. The van der Waals surface area contributed by atoms with Gasteiger partial charge in [-0.1, -0.05) is 77.5 Å². The summed E-state index contributed by atoms with van der Waals surface area (Å²) in [5.74, 6) is 0.961. The molecule has 228 valence electrons. The van der Waals surface area contributed by atoms with E-state index in [1.807, 2.05) is 60.7 Å². The maximum absolute atomic E-state index is 14.0. The SMILES string of the molecule is CCOC(=O)C1=C(C)N=c2sc(=Cc3cc(Br)c(OCc4ccc(Br)cc4)c(OC)c3)c(=O)n2[C@H]1c1ccc(C(C)C)cc1. The summed E-state index contributed by atoms with van der Waals surface area (Å²) in [7, 11) is 1.58. The van der Waals surface area contributed by atoms with Crippen molar-refractivity contribution in [1.82, 2.24) is 4.57 Å². The molecule has 3 aromatic carbocycles. The number of carbonyl (C=O) groups excluding carboxylic acids is 1. The van der Waals surface area contributed by atoms with Crippen molar-refractivity contribution in [3.8, 4) is 11.5 Å². The van der Waals surface area contributed by atoms with Gasteiger partial charge in [-0.3, -0.25) is 9.36 Å². The molecule has 0 radical (unpaired) electrons. The molecule has 1 atom stereocenters. The molecule has 7 nitrogen and oxygen atoms in total. The van der Waals surface area contributed by atoms with Gasteiger partial charge in [0.15, 0.2) is 16.3 Å². The van der Waals surface area contributed by atoms with Gasteiger partial charge >= 0.3 is 5.97 Å². The van der Waals surface area contributed by atoms with Crippen LogP contribution in [0.1, 0.15) is 61.9 Å². The number of halogens is 2. The zero-order chi connectivity index (χ0) is 31.5. The van der Waals surface area contributed by atoms with Crippen molar-refractivity contribution in [3.05, 3.63) is 123 Å². The molecule has 4 aromatic rings. The summed E-state index contributed by atoms with van der Waals surface area (Å²) >= 11 is 8.35. The fourth-order valence-corrected chi connectivity index (χ4v) is 6.91. The van der Waals surface area contributed by atoms with Crippen LogP contribution in [0.15, 0.2) is 90.7 Å². The fourth-order valence-electron chi connectivity index (χ4n) is 5.02. The molecule has 1 aliphatic heterocycles. The summed E-state index contributed by atoms with van der Waals surface area (Å²) in [4.78, 5) is 32.4. The van der Waals surface area contributed by atoms with Gasteiger partial charge in [0.1, 0.15) is 6.61 Å². The van der Waals surface area contributed by atoms with Gasteiger partial charge in [0, 0.05) is 4.47 Å². The van der Waals surface area contributed by atoms with Crippen molar-refractivity contribution in [1.29, 1.82) is 0 Å². The van der Waals surface area contributed by atoms with Crippen LogP contribution in [0.3, 0.4) is 0 Å². The third kappa shape index (κ3) is 6.62. The number of esters is 1. The van der Waals surface area contributed by atoms with Crippen molar-refractivity contribution in [2.24, 2.45) is 4.99 Å². The number of benzene rings is 3. The van der Waals surface area contributed by atoms with Crippen LogP contribution >= 0.6 is 43.2 Å². The zero-order valence-electron chi connectivity index (χ0n) is 25.0. The topological polar surface area (TPSA) is 79.1 Å². The first-order valence-corrected chi connectivity index (χ1v) is 16.6. The monoisotopic (exact) mass is 738 g/mol. The number of rotatable bonds is 9. The third-order valence-corrected chi connectivity index (χ3v) is 9.38. The Labute approximate surface area is 276 Å². The first kappa shape index (κ1) is 31.9. The predicted molar refractivity (Wildman–Crippen MR) is 180 cm³/mol. The Hall–Kier alpha value is -3.47. The zero-order valence-corrected chi connectivity index (χ0v) is 29.0. The first-order valence-electron chi connectivity index (χ1n) is 14.2. The quantitative estimate of drug-likeness (QED) is 0.172. The Morgan fingerprint density at radius 2 is 1.80 bits per heavy atom. The van der Waals surface area contributed by atoms with Crippen LogP contribution in [0.2, 0.25) is 0 Å². The number of nitrogens with zero attached hydrogens (tertiary/aromatic N) is 2. The molecular formula is C34H32Br2N2O5S. The van der Waals surface area contributed by atoms with E-state index in [4.69, 9.17) is 14.2 Å². The largest absolute Gasteiger partial charge is 0.493 e. The smallest absolute Gasteiger partial charge is 0.338 e. The number of methoxy groups -OCH3 is 1. The lowest BCUT2D eigenvalue weighted by Crippen LogP contribution is -2.39. The second-order valence-corrected chi connectivity index (χ2v) is 13.4. The predicted octanol–water partition coefficient (Wildman–Crippen LogP) is 7.03. The molecule has 0 unspecified atom stereocenters. The Morgan fingerprint density at radius 1 is 1.09 bits per heavy atom. The number of hydrogen-bond acceptors (Lipinski definition) is 7. The lowest BCUT2D eigenvalue weighted by Gasteiger charge is -2.25. The molecule has 0 fully saturated rings. The van der Waals surface area contributed by atoms with Crippen molar-refractivity contribution >= 4 is 55.2 Å². The normalized spacial score (nSPS) is 14.8. The van der Waals surface area contributed by atoms with E-state index in [0.29, 0.717) is 49.1 Å². The summed E-state index contributed by atoms with van der Waals surface area (Å²) in [6.07, 6.45) is 1.80. The molecule has 1 aromatic heterocycles. The van der Waals surface area contributed by atoms with Crippen LogP contribution in [-0.2, 0) is 16.1 Å². The Morgan fingerprint density at radius 3 is 2.43 bits per heavy atom. The van der Waals surface area contributed by atoms with Crippen molar-refractivity contribution in [3.63, 3.8) is 0 Å². The minimum Gasteiger partial charge on any atom is -0.493 e. The summed E-state index contributed by atoms with van der Waals surface area (Å²) in [6, 6.07) is 19.0. The van der Waals surface area contributed by atoms with E-state index in [9.17, 15) is 9.59 Å². The molecule has 0 saturated heterocycles. The van der Waals surface area contributed by atoms with E-state index in [-0.39, 0.29) is 12.2 Å². The number of fused-ring (bicyclic) bond motifs is 1. The Bertz CT molecular complexity index is 1910. The number of allylic oxidation sites excluding steroid dienone is 1. The summed E-state index contributed by atoms with van der Waals surface area (Å²) < 4.78 is 20.9. The number of aromatic nitrogens is 1.